The molecule has 0 bridgehead atoms. The zero-order valence-electron chi connectivity index (χ0n) is 12.9. The van der Waals surface area contributed by atoms with E-state index in [0.717, 1.165) is 32.1 Å². The summed E-state index contributed by atoms with van der Waals surface area (Å²) in [6.07, 6.45) is 4.95. The largest absolute Gasteiger partial charge is 0.316 e. The Bertz CT molecular complexity index is 324. The maximum atomic E-state index is 4.07. The van der Waals surface area contributed by atoms with E-state index in [0.29, 0.717) is 6.04 Å². The van der Waals surface area contributed by atoms with Crippen LogP contribution in [0, 0.1) is 5.92 Å². The van der Waals surface area contributed by atoms with Crippen LogP contribution in [0.15, 0.2) is 24.5 Å². The van der Waals surface area contributed by atoms with E-state index < -0.39 is 0 Å². The van der Waals surface area contributed by atoms with Crippen LogP contribution in [0.4, 0.5) is 0 Å². The second-order valence-corrected chi connectivity index (χ2v) is 5.65. The van der Waals surface area contributed by atoms with Gasteiger partial charge in [0.15, 0.2) is 0 Å². The van der Waals surface area contributed by atoms with Gasteiger partial charge in [-0.05, 0) is 56.6 Å². The van der Waals surface area contributed by atoms with Crippen molar-refractivity contribution < 1.29 is 0 Å². The molecule has 1 unspecified atom stereocenters. The maximum Gasteiger partial charge on any atom is 0.0271 e. The number of aromatic nitrogens is 1. The molecule has 108 valence electrons. The second kappa shape index (κ2) is 9.05. The smallest absolute Gasteiger partial charge is 0.0271 e. The zero-order valence-corrected chi connectivity index (χ0v) is 12.9. The highest BCUT2D eigenvalue weighted by atomic mass is 15.1. The van der Waals surface area contributed by atoms with E-state index in [-0.39, 0.29) is 0 Å². The Morgan fingerprint density at radius 3 is 2.47 bits per heavy atom. The van der Waals surface area contributed by atoms with Gasteiger partial charge in [-0.2, -0.15) is 0 Å². The van der Waals surface area contributed by atoms with Crippen molar-refractivity contribution in [3.63, 3.8) is 0 Å². The van der Waals surface area contributed by atoms with Crippen LogP contribution < -0.4 is 5.32 Å². The minimum absolute atomic E-state index is 0.609. The third kappa shape index (κ3) is 6.69. The van der Waals surface area contributed by atoms with Crippen LogP contribution in [0.25, 0.3) is 0 Å². The highest BCUT2D eigenvalue weighted by Crippen LogP contribution is 2.09. The Morgan fingerprint density at radius 1 is 1.21 bits per heavy atom. The average Bonchev–Trinajstić information content (AvgIpc) is 2.41. The second-order valence-electron chi connectivity index (χ2n) is 5.65. The van der Waals surface area contributed by atoms with Gasteiger partial charge in [-0.1, -0.05) is 20.8 Å². The highest BCUT2D eigenvalue weighted by Gasteiger charge is 2.12. The Hall–Kier alpha value is -0.930. The van der Waals surface area contributed by atoms with Crippen molar-refractivity contribution in [1.82, 2.24) is 15.2 Å². The SMILES string of the molecule is CCN(Cc1ccncc1)C(C)CCNCC(C)C. The number of pyridine rings is 1. The van der Waals surface area contributed by atoms with Crippen molar-refractivity contribution in [2.24, 2.45) is 5.92 Å². The minimum atomic E-state index is 0.609. The summed E-state index contributed by atoms with van der Waals surface area (Å²) in [6, 6.07) is 4.82. The summed E-state index contributed by atoms with van der Waals surface area (Å²) < 4.78 is 0. The first kappa shape index (κ1) is 16.1. The molecule has 0 spiro atoms. The Balaban J connectivity index is 2.33. The molecule has 1 rings (SSSR count). The third-order valence-corrected chi connectivity index (χ3v) is 3.46. The fourth-order valence-corrected chi connectivity index (χ4v) is 2.19. The summed E-state index contributed by atoms with van der Waals surface area (Å²) in [5, 5.41) is 3.52. The first-order chi connectivity index (χ1) is 9.13. The van der Waals surface area contributed by atoms with E-state index in [2.05, 4.69) is 55.0 Å². The molecule has 3 nitrogen and oxygen atoms in total. The molecule has 19 heavy (non-hydrogen) atoms. The molecule has 3 heteroatoms. The summed E-state index contributed by atoms with van der Waals surface area (Å²) in [5.41, 5.74) is 1.35. The van der Waals surface area contributed by atoms with Gasteiger partial charge in [0, 0.05) is 25.0 Å². The maximum absolute atomic E-state index is 4.07. The summed E-state index contributed by atoms with van der Waals surface area (Å²) >= 11 is 0. The van der Waals surface area contributed by atoms with Crippen molar-refractivity contribution in [2.75, 3.05) is 19.6 Å². The first-order valence-electron chi connectivity index (χ1n) is 7.47. The molecule has 1 heterocycles. The molecule has 0 amide bonds. The molecule has 0 aliphatic rings. The molecule has 0 saturated heterocycles. The van der Waals surface area contributed by atoms with Crippen LogP contribution in [-0.2, 0) is 6.54 Å². The van der Waals surface area contributed by atoms with Gasteiger partial charge in [0.1, 0.15) is 0 Å². The van der Waals surface area contributed by atoms with Gasteiger partial charge in [0.05, 0.1) is 0 Å². The fourth-order valence-electron chi connectivity index (χ4n) is 2.19. The summed E-state index contributed by atoms with van der Waals surface area (Å²) in [6.45, 7) is 13.4. The monoisotopic (exact) mass is 263 g/mol. The molecule has 0 radical (unpaired) electrons. The lowest BCUT2D eigenvalue weighted by molar-refractivity contribution is 0.200. The van der Waals surface area contributed by atoms with Gasteiger partial charge in [0.25, 0.3) is 0 Å². The third-order valence-electron chi connectivity index (χ3n) is 3.46. The topological polar surface area (TPSA) is 28.2 Å². The first-order valence-corrected chi connectivity index (χ1v) is 7.47. The van der Waals surface area contributed by atoms with Gasteiger partial charge >= 0.3 is 0 Å². The van der Waals surface area contributed by atoms with E-state index >= 15 is 0 Å². The van der Waals surface area contributed by atoms with E-state index in [1.165, 1.54) is 12.0 Å². The van der Waals surface area contributed by atoms with Gasteiger partial charge in [0.2, 0.25) is 0 Å². The Morgan fingerprint density at radius 2 is 1.89 bits per heavy atom. The Kier molecular flexibility index (Phi) is 7.68. The lowest BCUT2D eigenvalue weighted by Gasteiger charge is -2.28. The van der Waals surface area contributed by atoms with Crippen LogP contribution in [-0.4, -0.2) is 35.6 Å². The number of nitrogens with one attached hydrogen (secondary N) is 1. The van der Waals surface area contributed by atoms with Gasteiger partial charge in [-0.3, -0.25) is 9.88 Å². The fraction of sp³-hybridized carbons (Fsp3) is 0.688. The molecule has 0 fully saturated rings. The van der Waals surface area contributed by atoms with E-state index in [1.54, 1.807) is 0 Å². The van der Waals surface area contributed by atoms with Crippen molar-refractivity contribution in [2.45, 2.75) is 46.7 Å². The molecule has 0 saturated carbocycles. The normalized spacial score (nSPS) is 13.2. The van der Waals surface area contributed by atoms with Gasteiger partial charge < -0.3 is 5.32 Å². The molecule has 0 aliphatic heterocycles. The van der Waals surface area contributed by atoms with E-state index in [4.69, 9.17) is 0 Å². The predicted molar refractivity (Wildman–Crippen MR) is 82.1 cm³/mol. The number of rotatable bonds is 9. The van der Waals surface area contributed by atoms with Crippen molar-refractivity contribution >= 4 is 0 Å². The van der Waals surface area contributed by atoms with Crippen LogP contribution in [0.2, 0.25) is 0 Å². The van der Waals surface area contributed by atoms with Crippen LogP contribution in [0.3, 0.4) is 0 Å². The summed E-state index contributed by atoms with van der Waals surface area (Å²) in [5.74, 6) is 0.731. The molecule has 1 aromatic heterocycles. The minimum Gasteiger partial charge on any atom is -0.316 e. The lowest BCUT2D eigenvalue weighted by atomic mass is 10.1. The van der Waals surface area contributed by atoms with Crippen molar-refractivity contribution in [3.8, 4) is 0 Å². The molecular formula is C16H29N3. The predicted octanol–water partition coefficient (Wildman–Crippen LogP) is 2.93. The molecule has 0 aliphatic carbocycles. The number of hydrogen-bond donors (Lipinski definition) is 1. The summed E-state index contributed by atoms with van der Waals surface area (Å²) in [4.78, 5) is 6.59. The average molecular weight is 263 g/mol. The van der Waals surface area contributed by atoms with Crippen LogP contribution in [0.1, 0.15) is 39.7 Å². The Labute approximate surface area is 118 Å². The molecular weight excluding hydrogens is 234 g/mol. The number of nitrogens with zero attached hydrogens (tertiary/aromatic N) is 2. The van der Waals surface area contributed by atoms with Crippen LogP contribution >= 0.6 is 0 Å². The van der Waals surface area contributed by atoms with Crippen LogP contribution in [0.5, 0.6) is 0 Å². The quantitative estimate of drug-likeness (QED) is 0.694. The molecule has 1 atom stereocenters. The molecule has 1 N–H and O–H groups in total. The highest BCUT2D eigenvalue weighted by molar-refractivity contribution is 5.09. The molecule has 1 aromatic rings. The lowest BCUT2D eigenvalue weighted by Crippen LogP contribution is -2.35. The van der Waals surface area contributed by atoms with Gasteiger partial charge in [-0.15, -0.1) is 0 Å². The van der Waals surface area contributed by atoms with Crippen molar-refractivity contribution in [1.29, 1.82) is 0 Å². The standard InChI is InChI=1S/C16H29N3/c1-5-19(13-16-7-10-17-11-8-16)15(4)6-9-18-12-14(2)3/h7-8,10-11,14-15,18H,5-6,9,12-13H2,1-4H3. The van der Waals surface area contributed by atoms with E-state index in [1.807, 2.05) is 12.4 Å². The zero-order chi connectivity index (χ0) is 14.1. The van der Waals surface area contributed by atoms with Gasteiger partial charge in [-0.25, -0.2) is 0 Å². The molecule has 0 aromatic carbocycles. The van der Waals surface area contributed by atoms with E-state index in [9.17, 15) is 0 Å². The number of hydrogen-bond acceptors (Lipinski definition) is 3. The van der Waals surface area contributed by atoms with Crippen molar-refractivity contribution in [3.05, 3.63) is 30.1 Å². The summed E-state index contributed by atoms with van der Waals surface area (Å²) in [7, 11) is 0.